The zero-order chi connectivity index (χ0) is 58.0. The maximum atomic E-state index is 16.9. The number of nitrogens with zero attached hydrogens (tertiary/aromatic N) is 1. The minimum Gasteiger partial charge on any atom is -0.482 e. The monoisotopic (exact) mass is 1110 g/mol. The van der Waals surface area contributed by atoms with E-state index in [1.165, 1.54) is 31.4 Å². The number of carbonyl (C=O) groups is 5. The standard InChI is InChI=1S/C61H78N2O17/c1-32(2)13-12-22-58(9)23-21-39-49(78-58)38(19-14-33(3)4)51-43(50(39)77-54(71)35(6)29-40(65)36-15-17-37(18-16-36)75-55-48(69)47(68)45(66)41(31-64)76-55)46(67)44-52(63-25-27-74-28-26-63)59(62-10)30-42-57(7,8)80-60(56(59)72,61(42,44)79-51)24-20-34(5)53(70)73-11/h13-18,20-21,23,35,41-42,44-45,47-48,52,55,62,64,66,68-69H,12,19,22,24-31H2,1-11H3/b34-20-/t35?,41-,42?,44?,45-,47-,48-,52?,55-,58?,59?,60?,61?/m1/s1. The quantitative estimate of drug-likeness (QED) is 0.0415. The molecule has 0 radical (unpaired) electrons. The summed E-state index contributed by atoms with van der Waals surface area (Å²) < 4.78 is 51.0. The first-order chi connectivity index (χ1) is 37.8. The van der Waals surface area contributed by atoms with Crippen LogP contribution in [0.4, 0.5) is 0 Å². The van der Waals surface area contributed by atoms with E-state index in [2.05, 4.69) is 16.3 Å². The topological polar surface area (TPSA) is 255 Å². The number of rotatable bonds is 18. The molecule has 5 heterocycles. The number of Topliss-reactive ketones (excluding diaryl/α,β-unsaturated/α-hetero) is 3. The molecule has 6 fully saturated rings. The van der Waals surface area contributed by atoms with Crippen LogP contribution in [0.2, 0.25) is 0 Å². The molecule has 19 nitrogen and oxygen atoms in total. The van der Waals surface area contributed by atoms with Gasteiger partial charge >= 0.3 is 11.9 Å². The molecule has 434 valence electrons. The molecule has 3 aliphatic carbocycles. The van der Waals surface area contributed by atoms with Crippen molar-refractivity contribution in [3.63, 3.8) is 0 Å². The van der Waals surface area contributed by atoms with Gasteiger partial charge in [-0.05, 0) is 125 Å². The van der Waals surface area contributed by atoms with Crippen LogP contribution in [-0.4, -0.2) is 166 Å². The smallest absolute Gasteiger partial charge is 0.333 e. The van der Waals surface area contributed by atoms with E-state index in [9.17, 15) is 34.8 Å². The number of hydrogen-bond donors (Lipinski definition) is 5. The lowest BCUT2D eigenvalue weighted by Crippen LogP contribution is -2.90. The number of hydrogen-bond acceptors (Lipinski definition) is 19. The summed E-state index contributed by atoms with van der Waals surface area (Å²) in [5, 5.41) is 44.1. The van der Waals surface area contributed by atoms with Gasteiger partial charge in [-0.25, -0.2) is 4.79 Å². The lowest BCUT2D eigenvalue weighted by molar-refractivity contribution is -0.277. The molecule has 8 unspecified atom stereocenters. The second kappa shape index (κ2) is 22.3. The van der Waals surface area contributed by atoms with Crippen molar-refractivity contribution in [1.82, 2.24) is 10.2 Å². The van der Waals surface area contributed by atoms with E-state index in [1.54, 1.807) is 27.0 Å². The average molecular weight is 1110 g/mol. The van der Waals surface area contributed by atoms with E-state index in [4.69, 9.17) is 37.9 Å². The number of nitrogens with one attached hydrogen (secondary N) is 1. The minimum atomic E-state index is -1.85. The van der Waals surface area contributed by atoms with Crippen LogP contribution in [0.25, 0.3) is 6.08 Å². The number of ether oxygens (including phenoxy) is 8. The van der Waals surface area contributed by atoms with Crippen molar-refractivity contribution < 1.29 is 82.3 Å². The van der Waals surface area contributed by atoms with Gasteiger partial charge in [0.15, 0.2) is 34.3 Å². The Labute approximate surface area is 467 Å². The highest BCUT2D eigenvalue weighted by atomic mass is 16.7. The number of methoxy groups -OCH3 is 1. The third-order valence-corrected chi connectivity index (χ3v) is 17.6. The Morgan fingerprint density at radius 2 is 1.60 bits per heavy atom. The highest BCUT2D eigenvalue weighted by Crippen LogP contribution is 2.72. The Bertz CT molecular complexity index is 2910. The highest BCUT2D eigenvalue weighted by molar-refractivity contribution is 6.13. The normalized spacial score (nSPS) is 33.3. The summed E-state index contributed by atoms with van der Waals surface area (Å²) in [7, 11) is 3.01. The van der Waals surface area contributed by atoms with Crippen molar-refractivity contribution in [1.29, 1.82) is 0 Å². The second-order valence-corrected chi connectivity index (χ2v) is 23.9. The predicted molar refractivity (Wildman–Crippen MR) is 291 cm³/mol. The summed E-state index contributed by atoms with van der Waals surface area (Å²) >= 11 is 0. The molecule has 2 aromatic carbocycles. The highest BCUT2D eigenvalue weighted by Gasteiger charge is 2.89. The van der Waals surface area contributed by atoms with Gasteiger partial charge in [-0.2, -0.15) is 0 Å². The summed E-state index contributed by atoms with van der Waals surface area (Å²) in [6, 6.07) is 5.00. The zero-order valence-corrected chi connectivity index (χ0v) is 47.7. The molecule has 4 bridgehead atoms. The van der Waals surface area contributed by atoms with Gasteiger partial charge in [-0.15, -0.1) is 0 Å². The van der Waals surface area contributed by atoms with E-state index in [0.717, 1.165) is 11.1 Å². The molecule has 0 amide bonds. The van der Waals surface area contributed by atoms with Crippen LogP contribution in [0.3, 0.4) is 0 Å². The third-order valence-electron chi connectivity index (χ3n) is 17.6. The average Bonchev–Trinajstić information content (AvgIpc) is 2.42. The molecule has 5 aliphatic heterocycles. The van der Waals surface area contributed by atoms with Crippen molar-refractivity contribution >= 4 is 35.4 Å². The van der Waals surface area contributed by atoms with Crippen LogP contribution in [0.5, 0.6) is 23.0 Å². The van der Waals surface area contributed by atoms with E-state index in [0.29, 0.717) is 56.0 Å². The third kappa shape index (κ3) is 9.86. The number of allylic oxidation sites excluding steroid dienone is 4. The molecule has 3 saturated carbocycles. The minimum absolute atomic E-state index is 0.00190. The number of esters is 2. The van der Waals surface area contributed by atoms with Crippen molar-refractivity contribution in [3.05, 3.63) is 87.5 Å². The lowest BCUT2D eigenvalue weighted by atomic mass is 9.42. The molecular formula is C61H78N2O17. The first-order valence-corrected chi connectivity index (χ1v) is 27.8. The summed E-state index contributed by atoms with van der Waals surface area (Å²) in [6.07, 6.45) is 3.26. The Morgan fingerprint density at radius 3 is 2.24 bits per heavy atom. The number of benzene rings is 2. The van der Waals surface area contributed by atoms with E-state index < -0.39 is 113 Å². The van der Waals surface area contributed by atoms with Crippen LogP contribution in [0.15, 0.2) is 65.3 Å². The van der Waals surface area contributed by atoms with Crippen molar-refractivity contribution in [2.24, 2.45) is 17.8 Å². The summed E-state index contributed by atoms with van der Waals surface area (Å²) in [6.45, 7) is 17.8. The molecule has 2 aromatic rings. The lowest BCUT2D eigenvalue weighted by Gasteiger charge is -2.68. The first-order valence-electron chi connectivity index (χ1n) is 27.8. The Morgan fingerprint density at radius 1 is 0.912 bits per heavy atom. The fourth-order valence-electron chi connectivity index (χ4n) is 13.5. The van der Waals surface area contributed by atoms with E-state index >= 15 is 9.59 Å². The molecule has 3 saturated heterocycles. The SMILES string of the molecule is CNC12CC3C(C)(C)OC(C/C=C(/C)C(=O)OC)(C1=O)C31Oc3c(CC=C(C)C)c4c(c(OC(=O)C(C)CC(=O)c5ccc(O[C@@H]6O[C@H](CO)[C@@H](O)[C@@H](O)[C@H]6O)cc5)c3C(=O)C1C2N1CCOCC1)C=CC(C)(CCC=C(C)C)O4. The molecular weight excluding hydrogens is 1030 g/mol. The maximum Gasteiger partial charge on any atom is 0.333 e. The van der Waals surface area contributed by atoms with Gasteiger partial charge in [0.05, 0.1) is 55.5 Å². The number of morpholine rings is 1. The number of aliphatic hydroxyl groups is 4. The van der Waals surface area contributed by atoms with Crippen LogP contribution in [0.1, 0.15) is 126 Å². The van der Waals surface area contributed by atoms with Gasteiger partial charge < -0.3 is 63.6 Å². The number of ketones is 3. The Balaban J connectivity index is 1.17. The van der Waals surface area contributed by atoms with Gasteiger partial charge in [-0.3, -0.25) is 24.1 Å². The van der Waals surface area contributed by atoms with Gasteiger partial charge in [0.1, 0.15) is 52.8 Å². The summed E-state index contributed by atoms with van der Waals surface area (Å²) in [4.78, 5) is 77.2. The summed E-state index contributed by atoms with van der Waals surface area (Å²) in [5.74, 6) is -4.91. The van der Waals surface area contributed by atoms with Crippen LogP contribution < -0.4 is 24.3 Å². The predicted octanol–water partition coefficient (Wildman–Crippen LogP) is 5.35. The van der Waals surface area contributed by atoms with Crippen LogP contribution in [0, 0.1) is 17.8 Å². The molecule has 13 atom stereocenters. The number of aliphatic hydroxyl groups excluding tert-OH is 4. The van der Waals surface area contributed by atoms with Gasteiger partial charge in [0.25, 0.3) is 0 Å². The van der Waals surface area contributed by atoms with Crippen LogP contribution >= 0.6 is 0 Å². The number of fused-ring (bicyclic) bond motifs is 2. The van der Waals surface area contributed by atoms with E-state index in [-0.39, 0.29) is 65.4 Å². The van der Waals surface area contributed by atoms with Crippen molar-refractivity contribution in [2.45, 2.75) is 166 Å². The molecule has 1 spiro atoms. The molecule has 80 heavy (non-hydrogen) atoms. The molecule has 8 aliphatic rings. The fourth-order valence-corrected chi connectivity index (χ4v) is 13.5. The van der Waals surface area contributed by atoms with Gasteiger partial charge in [0, 0.05) is 54.6 Å². The summed E-state index contributed by atoms with van der Waals surface area (Å²) in [5.41, 5.74) is -3.48. The van der Waals surface area contributed by atoms with Crippen molar-refractivity contribution in [2.75, 3.05) is 47.1 Å². The number of likely N-dealkylation sites (N-methyl/N-ethyl adjacent to an activating group) is 1. The maximum absolute atomic E-state index is 16.9. The van der Waals surface area contributed by atoms with Gasteiger partial charge in [0.2, 0.25) is 6.29 Å². The molecule has 10 rings (SSSR count). The Hall–Kier alpha value is -5.61. The zero-order valence-electron chi connectivity index (χ0n) is 47.7. The first kappa shape index (κ1) is 59.0. The number of carbonyl (C=O) groups excluding carboxylic acids is 5. The molecule has 0 aromatic heterocycles. The fraction of sp³-hybridized carbons (Fsp3) is 0.590. The Kier molecular flexibility index (Phi) is 16.4. The largest absolute Gasteiger partial charge is 0.482 e. The molecule has 19 heteroatoms. The molecule has 5 N–H and O–H groups in total. The van der Waals surface area contributed by atoms with E-state index in [1.807, 2.05) is 66.7 Å². The van der Waals surface area contributed by atoms with Crippen molar-refractivity contribution in [3.8, 4) is 23.0 Å². The second-order valence-electron chi connectivity index (χ2n) is 23.9. The van der Waals surface area contributed by atoms with Gasteiger partial charge in [-0.1, -0.05) is 36.3 Å². The van der Waals surface area contributed by atoms with Crippen LogP contribution in [-0.2, 0) is 39.8 Å².